The van der Waals surface area contributed by atoms with Crippen LogP contribution >= 0.6 is 0 Å². The molecule has 3 rings (SSSR count). The monoisotopic (exact) mass is 309 g/mol. The minimum absolute atomic E-state index is 0.0596. The van der Waals surface area contributed by atoms with Crippen molar-refractivity contribution in [2.45, 2.75) is 6.92 Å². The maximum Gasteiger partial charge on any atom is 0.262 e. The molecule has 0 aliphatic carbocycles. The average molecular weight is 309 g/mol. The number of tetrazole rings is 1. The number of anilines is 1. The number of nitrogens with one attached hydrogen (secondary N) is 2. The van der Waals surface area contributed by atoms with Crippen LogP contribution in [0.25, 0.3) is 11.4 Å². The lowest BCUT2D eigenvalue weighted by molar-refractivity contribution is -0.118. The summed E-state index contributed by atoms with van der Waals surface area (Å²) in [6.45, 7) is 1.91. The van der Waals surface area contributed by atoms with Crippen LogP contribution in [0.2, 0.25) is 0 Å². The summed E-state index contributed by atoms with van der Waals surface area (Å²) in [4.78, 5) is 12.0. The van der Waals surface area contributed by atoms with Crippen LogP contribution in [-0.4, -0.2) is 33.1 Å². The van der Waals surface area contributed by atoms with E-state index in [1.165, 1.54) is 0 Å². The van der Waals surface area contributed by atoms with Crippen molar-refractivity contribution in [1.82, 2.24) is 20.6 Å². The summed E-state index contributed by atoms with van der Waals surface area (Å²) in [7, 11) is 0. The van der Waals surface area contributed by atoms with Crippen LogP contribution in [0, 0.1) is 6.92 Å². The first-order chi connectivity index (χ1) is 11.2. The first kappa shape index (κ1) is 14.7. The summed E-state index contributed by atoms with van der Waals surface area (Å²) >= 11 is 0. The smallest absolute Gasteiger partial charge is 0.262 e. The molecule has 7 nitrogen and oxygen atoms in total. The van der Waals surface area contributed by atoms with Crippen molar-refractivity contribution in [2.24, 2.45) is 0 Å². The number of H-pyrrole nitrogens is 1. The zero-order valence-corrected chi connectivity index (χ0v) is 12.5. The molecular weight excluding hydrogens is 294 g/mol. The maximum absolute atomic E-state index is 12.0. The predicted molar refractivity (Wildman–Crippen MR) is 84.9 cm³/mol. The van der Waals surface area contributed by atoms with Gasteiger partial charge >= 0.3 is 0 Å². The number of carbonyl (C=O) groups is 1. The molecular formula is C16H15N5O2. The number of benzene rings is 2. The Bertz CT molecular complexity index is 802. The third-order valence-corrected chi connectivity index (χ3v) is 3.11. The average Bonchev–Trinajstić information content (AvgIpc) is 3.08. The van der Waals surface area contributed by atoms with Gasteiger partial charge in [-0.1, -0.05) is 24.3 Å². The molecule has 0 bridgehead atoms. The van der Waals surface area contributed by atoms with E-state index in [0.717, 1.165) is 11.1 Å². The Morgan fingerprint density at radius 3 is 2.87 bits per heavy atom. The molecule has 1 aromatic heterocycles. The van der Waals surface area contributed by atoms with Gasteiger partial charge in [-0.25, -0.2) is 0 Å². The third-order valence-electron chi connectivity index (χ3n) is 3.11. The van der Waals surface area contributed by atoms with Gasteiger partial charge in [0, 0.05) is 11.3 Å². The maximum atomic E-state index is 12.0. The Hall–Kier alpha value is -3.22. The molecule has 0 atom stereocenters. The SMILES string of the molecule is Cc1cccc(OCC(=O)Nc2cccc(-c3nn[nH]n3)c2)c1. The van der Waals surface area contributed by atoms with Crippen LogP contribution < -0.4 is 10.1 Å². The van der Waals surface area contributed by atoms with Gasteiger partial charge in [0.2, 0.25) is 5.82 Å². The van der Waals surface area contributed by atoms with Gasteiger partial charge in [-0.3, -0.25) is 4.79 Å². The summed E-state index contributed by atoms with van der Waals surface area (Å²) < 4.78 is 5.47. The van der Waals surface area contributed by atoms with Crippen LogP contribution in [0.3, 0.4) is 0 Å². The van der Waals surface area contributed by atoms with Crippen molar-refractivity contribution in [3.8, 4) is 17.1 Å². The Balaban J connectivity index is 1.61. The van der Waals surface area contributed by atoms with Crippen LogP contribution in [-0.2, 0) is 4.79 Å². The van der Waals surface area contributed by atoms with Crippen molar-refractivity contribution in [3.05, 3.63) is 54.1 Å². The van der Waals surface area contributed by atoms with E-state index in [0.29, 0.717) is 17.3 Å². The lowest BCUT2D eigenvalue weighted by atomic mass is 10.2. The number of rotatable bonds is 5. The van der Waals surface area contributed by atoms with E-state index < -0.39 is 0 Å². The van der Waals surface area contributed by atoms with Crippen molar-refractivity contribution >= 4 is 11.6 Å². The zero-order valence-electron chi connectivity index (χ0n) is 12.5. The van der Waals surface area contributed by atoms with Crippen molar-refractivity contribution < 1.29 is 9.53 Å². The first-order valence-electron chi connectivity index (χ1n) is 7.04. The third kappa shape index (κ3) is 3.91. The Morgan fingerprint density at radius 1 is 1.22 bits per heavy atom. The number of carbonyl (C=O) groups excluding carboxylic acids is 1. The highest BCUT2D eigenvalue weighted by Crippen LogP contribution is 2.18. The number of aryl methyl sites for hydroxylation is 1. The van der Waals surface area contributed by atoms with E-state index in [1.54, 1.807) is 12.1 Å². The van der Waals surface area contributed by atoms with E-state index in [9.17, 15) is 4.79 Å². The second kappa shape index (κ2) is 6.69. The van der Waals surface area contributed by atoms with Crippen LogP contribution in [0.4, 0.5) is 5.69 Å². The van der Waals surface area contributed by atoms with Gasteiger partial charge in [0.05, 0.1) is 0 Å². The van der Waals surface area contributed by atoms with E-state index >= 15 is 0 Å². The van der Waals surface area contributed by atoms with Crippen molar-refractivity contribution in [2.75, 3.05) is 11.9 Å². The number of ether oxygens (including phenoxy) is 1. The fourth-order valence-electron chi connectivity index (χ4n) is 2.07. The highest BCUT2D eigenvalue weighted by atomic mass is 16.5. The van der Waals surface area contributed by atoms with Gasteiger partial charge in [0.15, 0.2) is 6.61 Å². The van der Waals surface area contributed by atoms with E-state index in [1.807, 2.05) is 43.3 Å². The number of aromatic nitrogens is 4. The molecule has 0 aliphatic rings. The molecule has 0 saturated carbocycles. The molecule has 0 aliphatic heterocycles. The Morgan fingerprint density at radius 2 is 2.09 bits per heavy atom. The zero-order chi connectivity index (χ0) is 16.1. The number of hydrogen-bond acceptors (Lipinski definition) is 5. The first-order valence-corrected chi connectivity index (χ1v) is 7.04. The van der Waals surface area contributed by atoms with E-state index in [4.69, 9.17) is 4.74 Å². The van der Waals surface area contributed by atoms with Gasteiger partial charge in [-0.2, -0.15) is 5.21 Å². The van der Waals surface area contributed by atoms with Gasteiger partial charge in [0.25, 0.3) is 5.91 Å². The molecule has 0 radical (unpaired) electrons. The molecule has 3 aromatic rings. The minimum Gasteiger partial charge on any atom is -0.484 e. The van der Waals surface area contributed by atoms with E-state index in [-0.39, 0.29) is 12.5 Å². The molecule has 7 heteroatoms. The highest BCUT2D eigenvalue weighted by molar-refractivity contribution is 5.92. The van der Waals surface area contributed by atoms with Crippen LogP contribution in [0.5, 0.6) is 5.75 Å². The fourth-order valence-corrected chi connectivity index (χ4v) is 2.07. The molecule has 0 saturated heterocycles. The van der Waals surface area contributed by atoms with Gasteiger partial charge in [0.1, 0.15) is 5.75 Å². The summed E-state index contributed by atoms with van der Waals surface area (Å²) in [6.07, 6.45) is 0. The quantitative estimate of drug-likeness (QED) is 0.753. The summed E-state index contributed by atoms with van der Waals surface area (Å²) in [6, 6.07) is 14.8. The summed E-state index contributed by atoms with van der Waals surface area (Å²) in [5.74, 6) is 0.898. The molecule has 1 amide bonds. The van der Waals surface area contributed by atoms with Gasteiger partial charge in [-0.05, 0) is 42.0 Å². The minimum atomic E-state index is -0.239. The molecule has 0 spiro atoms. The molecule has 0 unspecified atom stereocenters. The lowest BCUT2D eigenvalue weighted by Gasteiger charge is -2.08. The van der Waals surface area contributed by atoms with Gasteiger partial charge < -0.3 is 10.1 Å². The normalized spacial score (nSPS) is 10.3. The molecule has 2 N–H and O–H groups in total. The van der Waals surface area contributed by atoms with Crippen molar-refractivity contribution in [3.63, 3.8) is 0 Å². The molecule has 116 valence electrons. The summed E-state index contributed by atoms with van der Waals surface area (Å²) in [5, 5.41) is 16.5. The second-order valence-electron chi connectivity index (χ2n) is 4.97. The topological polar surface area (TPSA) is 92.8 Å². The largest absolute Gasteiger partial charge is 0.484 e. The van der Waals surface area contributed by atoms with E-state index in [2.05, 4.69) is 25.9 Å². The molecule has 2 aromatic carbocycles. The molecule has 23 heavy (non-hydrogen) atoms. The Labute approximate surface area is 132 Å². The molecule has 1 heterocycles. The van der Waals surface area contributed by atoms with Crippen molar-refractivity contribution in [1.29, 1.82) is 0 Å². The number of hydrogen-bond donors (Lipinski definition) is 2. The second-order valence-corrected chi connectivity index (χ2v) is 4.97. The lowest BCUT2D eigenvalue weighted by Crippen LogP contribution is -2.20. The fraction of sp³-hybridized carbons (Fsp3) is 0.125. The van der Waals surface area contributed by atoms with Gasteiger partial charge in [-0.15, -0.1) is 10.2 Å². The highest BCUT2D eigenvalue weighted by Gasteiger charge is 2.07. The number of amides is 1. The number of aromatic amines is 1. The van der Waals surface area contributed by atoms with Crippen LogP contribution in [0.1, 0.15) is 5.56 Å². The number of nitrogens with zero attached hydrogens (tertiary/aromatic N) is 3. The standard InChI is InChI=1S/C16H15N5O2/c1-11-4-2-7-14(8-11)23-10-15(22)17-13-6-3-5-12(9-13)16-18-20-21-19-16/h2-9H,10H2,1H3,(H,17,22)(H,18,19,20,21). The van der Waals surface area contributed by atoms with Crippen LogP contribution in [0.15, 0.2) is 48.5 Å². The summed E-state index contributed by atoms with van der Waals surface area (Å²) in [5.41, 5.74) is 2.48. The Kier molecular flexibility index (Phi) is 4.28. The predicted octanol–water partition coefficient (Wildman–Crippen LogP) is 2.19. The molecule has 0 fully saturated rings.